The highest BCUT2D eigenvalue weighted by Crippen LogP contribution is 2.72. The Kier molecular flexibility index (Phi) is 5.13. The van der Waals surface area contributed by atoms with Gasteiger partial charge >= 0.3 is 0 Å². The Morgan fingerprint density at radius 2 is 1.94 bits per heavy atom. The lowest BCUT2D eigenvalue weighted by Gasteiger charge is -2.35. The predicted octanol–water partition coefficient (Wildman–Crippen LogP) is 3.33. The zero-order valence-electron chi connectivity index (χ0n) is 18.9. The lowest BCUT2D eigenvalue weighted by molar-refractivity contribution is 0.00748. The minimum absolute atomic E-state index is 0.0218. The van der Waals surface area contributed by atoms with E-state index in [4.69, 9.17) is 5.73 Å². The fourth-order valence-corrected chi connectivity index (χ4v) is 6.37. The molecule has 2 aliphatic carbocycles. The van der Waals surface area contributed by atoms with E-state index >= 15 is 0 Å². The number of benzene rings is 1. The molecule has 0 aliphatic heterocycles. The molecule has 13 heteroatoms. The molecule has 0 atom stereocenters. The molecule has 35 heavy (non-hydrogen) atoms. The number of hydrogen-bond donors (Lipinski definition) is 2. The summed E-state index contributed by atoms with van der Waals surface area (Å²) in [4.78, 5) is 25.4. The van der Waals surface area contributed by atoms with Crippen LogP contribution in [-0.2, 0) is 10.0 Å². The van der Waals surface area contributed by atoms with Crippen molar-refractivity contribution < 1.29 is 21.6 Å². The number of halogens is 3. The van der Waals surface area contributed by atoms with Crippen LogP contribution >= 0.6 is 0 Å². The molecule has 9 nitrogen and oxygen atoms in total. The van der Waals surface area contributed by atoms with E-state index in [2.05, 4.69) is 19.7 Å². The molecule has 2 aliphatic rings. The smallest absolute Gasteiger partial charge is 0.278 e. The Morgan fingerprint density at radius 1 is 1.26 bits per heavy atom. The van der Waals surface area contributed by atoms with Gasteiger partial charge in [-0.3, -0.25) is 14.1 Å². The Balaban J connectivity index is 1.40. The van der Waals surface area contributed by atoms with Crippen molar-refractivity contribution in [2.24, 2.45) is 11.3 Å². The van der Waals surface area contributed by atoms with E-state index in [0.717, 1.165) is 6.07 Å². The first-order valence-electron chi connectivity index (χ1n) is 11.0. The summed E-state index contributed by atoms with van der Waals surface area (Å²) in [6.45, 7) is 3.55. The highest BCUT2D eigenvalue weighted by Gasteiger charge is 2.75. The summed E-state index contributed by atoms with van der Waals surface area (Å²) >= 11 is 0. The highest BCUT2D eigenvalue weighted by molar-refractivity contribution is 7.92. The van der Waals surface area contributed by atoms with Gasteiger partial charge in [0.2, 0.25) is 16.0 Å². The zero-order valence-corrected chi connectivity index (χ0v) is 19.7. The number of nitrogens with two attached hydrogens (primary N) is 1. The van der Waals surface area contributed by atoms with E-state index in [-0.39, 0.29) is 65.1 Å². The van der Waals surface area contributed by atoms with Crippen LogP contribution in [-0.4, -0.2) is 39.6 Å². The van der Waals surface area contributed by atoms with Gasteiger partial charge < -0.3 is 5.73 Å². The second kappa shape index (κ2) is 7.64. The number of sulfonamides is 1. The van der Waals surface area contributed by atoms with Gasteiger partial charge in [-0.2, -0.15) is 4.98 Å². The van der Waals surface area contributed by atoms with E-state index in [9.17, 15) is 26.4 Å². The molecule has 2 saturated carbocycles. The number of nitrogens with zero attached hydrogens (tertiary/aromatic N) is 4. The number of hydrogen-bond acceptors (Lipinski definition) is 7. The van der Waals surface area contributed by atoms with E-state index < -0.39 is 38.7 Å². The predicted molar refractivity (Wildman–Crippen MR) is 124 cm³/mol. The van der Waals surface area contributed by atoms with Crippen LogP contribution in [0.25, 0.3) is 22.4 Å². The van der Waals surface area contributed by atoms with Crippen LogP contribution in [0.15, 0.2) is 29.2 Å². The summed E-state index contributed by atoms with van der Waals surface area (Å²) in [5.41, 5.74) is 4.40. The summed E-state index contributed by atoms with van der Waals surface area (Å²) in [6, 6.07) is 3.28. The topological polar surface area (TPSA) is 133 Å². The summed E-state index contributed by atoms with van der Waals surface area (Å²) in [6.07, 6.45) is 1.46. The Labute approximate surface area is 198 Å². The van der Waals surface area contributed by atoms with Crippen LogP contribution in [0.4, 0.5) is 24.8 Å². The van der Waals surface area contributed by atoms with Crippen molar-refractivity contribution in [1.29, 1.82) is 0 Å². The molecule has 1 spiro atoms. The minimum atomic E-state index is -3.96. The number of anilines is 2. The Morgan fingerprint density at radius 3 is 2.54 bits per heavy atom. The summed E-state index contributed by atoms with van der Waals surface area (Å²) in [5, 5.41) is 0. The molecule has 0 unspecified atom stereocenters. The average molecular weight is 509 g/mol. The van der Waals surface area contributed by atoms with Crippen molar-refractivity contribution in [2.45, 2.75) is 45.1 Å². The molecular formula is C22H23F3N6O3S. The Hall–Kier alpha value is -3.22. The first-order chi connectivity index (χ1) is 16.3. The second-order valence-corrected chi connectivity index (χ2v) is 11.4. The fraction of sp³-hybridized carbons (Fsp3) is 0.455. The van der Waals surface area contributed by atoms with Gasteiger partial charge in [-0.1, -0.05) is 6.07 Å². The normalized spacial score (nSPS) is 23.0. The van der Waals surface area contributed by atoms with Crippen LogP contribution < -0.4 is 16.0 Å². The molecule has 0 amide bonds. The molecule has 3 aromatic rings. The van der Waals surface area contributed by atoms with Crippen LogP contribution in [0.5, 0.6) is 0 Å². The van der Waals surface area contributed by atoms with Crippen molar-refractivity contribution in [3.63, 3.8) is 0 Å². The monoisotopic (exact) mass is 508 g/mol. The molecule has 0 bridgehead atoms. The van der Waals surface area contributed by atoms with E-state index in [1.54, 1.807) is 13.8 Å². The molecule has 5 rings (SSSR count). The van der Waals surface area contributed by atoms with Gasteiger partial charge in [0.15, 0.2) is 5.65 Å². The van der Waals surface area contributed by atoms with E-state index in [1.165, 1.54) is 22.9 Å². The van der Waals surface area contributed by atoms with Gasteiger partial charge in [-0.05, 0) is 44.7 Å². The number of nitrogens with one attached hydrogen (secondary N) is 1. The fourth-order valence-electron chi connectivity index (χ4n) is 4.93. The van der Waals surface area contributed by atoms with Crippen molar-refractivity contribution in [3.8, 4) is 11.3 Å². The Bertz CT molecular complexity index is 1520. The molecule has 0 radical (unpaired) electrons. The third-order valence-electron chi connectivity index (χ3n) is 6.70. The molecule has 2 aromatic heterocycles. The SMILES string of the molecule is CC(C)n1c(=O)c(-c2ccc(NS(=O)(=O)CC3CC4(C3)CC4(F)F)c(F)c2)nc2cnc(N)nc21. The molecule has 186 valence electrons. The van der Waals surface area contributed by atoms with E-state index in [0.29, 0.717) is 0 Å². The van der Waals surface area contributed by atoms with Gasteiger partial charge in [0.1, 0.15) is 17.0 Å². The number of fused-ring (bicyclic) bond motifs is 1. The van der Waals surface area contributed by atoms with Gasteiger partial charge in [0.25, 0.3) is 11.5 Å². The van der Waals surface area contributed by atoms with Crippen LogP contribution in [0.3, 0.4) is 0 Å². The molecule has 1 aromatic carbocycles. The quantitative estimate of drug-likeness (QED) is 0.522. The molecular weight excluding hydrogens is 485 g/mol. The van der Waals surface area contributed by atoms with Gasteiger partial charge in [0, 0.05) is 23.4 Å². The number of rotatable bonds is 6. The maximum absolute atomic E-state index is 14.9. The van der Waals surface area contributed by atoms with Crippen molar-refractivity contribution >= 4 is 32.8 Å². The third kappa shape index (κ3) is 4.01. The standard InChI is InChI=1S/C22H23F3N6O3S/c1-11(2)31-18-16(8-27-20(26)29-18)28-17(19(31)32)13-3-4-15(14(23)5-13)30-35(33,34)9-12-6-21(7-12)10-22(21,24)25/h3-5,8,11-12,30H,6-7,9-10H2,1-2H3,(H2,26,27,29). The molecule has 2 fully saturated rings. The molecule has 3 N–H and O–H groups in total. The maximum Gasteiger partial charge on any atom is 0.278 e. The highest BCUT2D eigenvalue weighted by atomic mass is 32.2. The van der Waals surface area contributed by atoms with Crippen molar-refractivity contribution in [2.75, 3.05) is 16.2 Å². The summed E-state index contributed by atoms with van der Waals surface area (Å²) in [7, 11) is -3.96. The largest absolute Gasteiger partial charge is 0.368 e. The number of aromatic nitrogens is 4. The van der Waals surface area contributed by atoms with Crippen molar-refractivity contribution in [1.82, 2.24) is 19.5 Å². The van der Waals surface area contributed by atoms with Crippen LogP contribution in [0.2, 0.25) is 0 Å². The van der Waals surface area contributed by atoms with Crippen LogP contribution in [0.1, 0.15) is 39.2 Å². The third-order valence-corrected chi connectivity index (χ3v) is 8.14. The zero-order chi connectivity index (χ0) is 25.3. The number of alkyl halides is 2. The molecule has 2 heterocycles. The van der Waals surface area contributed by atoms with Crippen LogP contribution in [0, 0.1) is 17.2 Å². The second-order valence-electron chi connectivity index (χ2n) is 9.68. The lowest BCUT2D eigenvalue weighted by atomic mass is 9.72. The summed E-state index contributed by atoms with van der Waals surface area (Å²) in [5.74, 6) is -4.38. The summed E-state index contributed by atoms with van der Waals surface area (Å²) < 4.78 is 70.2. The van der Waals surface area contributed by atoms with Gasteiger partial charge in [-0.25, -0.2) is 31.6 Å². The molecule has 0 saturated heterocycles. The first kappa shape index (κ1) is 23.5. The van der Waals surface area contributed by atoms with Crippen molar-refractivity contribution in [3.05, 3.63) is 40.6 Å². The lowest BCUT2D eigenvalue weighted by Crippen LogP contribution is -2.36. The van der Waals surface area contributed by atoms with Gasteiger partial charge in [-0.15, -0.1) is 0 Å². The number of nitrogen functional groups attached to an aromatic ring is 1. The van der Waals surface area contributed by atoms with E-state index in [1.807, 2.05) is 0 Å². The average Bonchev–Trinajstić information content (AvgIpc) is 3.30. The minimum Gasteiger partial charge on any atom is -0.368 e. The maximum atomic E-state index is 14.9. The first-order valence-corrected chi connectivity index (χ1v) is 12.7. The van der Waals surface area contributed by atoms with Gasteiger partial charge in [0.05, 0.1) is 17.6 Å².